The highest BCUT2D eigenvalue weighted by atomic mass is 16.5. The molecule has 0 aliphatic carbocycles. The highest BCUT2D eigenvalue weighted by Gasteiger charge is 2.21. The molecule has 2 atom stereocenters. The lowest BCUT2D eigenvalue weighted by Gasteiger charge is -2.32. The maximum absolute atomic E-state index is 6.08. The van der Waals surface area contributed by atoms with E-state index in [1.807, 2.05) is 18.2 Å². The average Bonchev–Trinajstić information content (AvgIpc) is 2.46. The zero-order valence-electron chi connectivity index (χ0n) is 12.4. The van der Waals surface area contributed by atoms with Crippen molar-refractivity contribution in [2.45, 2.75) is 33.3 Å². The minimum absolute atomic E-state index is 0.249. The molecule has 2 unspecified atom stereocenters. The van der Waals surface area contributed by atoms with Crippen molar-refractivity contribution < 1.29 is 4.74 Å². The number of nitrogens with one attached hydrogen (secondary N) is 1. The lowest BCUT2D eigenvalue weighted by molar-refractivity contribution is 0.129. The summed E-state index contributed by atoms with van der Waals surface area (Å²) in [6.45, 7) is 11.0. The van der Waals surface area contributed by atoms with E-state index in [0.717, 1.165) is 43.5 Å². The van der Waals surface area contributed by atoms with Crippen LogP contribution in [0.1, 0.15) is 27.2 Å². The molecule has 0 bridgehead atoms. The first-order chi connectivity index (χ1) is 9.22. The molecule has 0 amide bonds. The number of hydrogen-bond acceptors (Lipinski definition) is 3. The minimum atomic E-state index is 0.249. The first-order valence-electron chi connectivity index (χ1n) is 7.44. The Morgan fingerprint density at radius 3 is 2.89 bits per heavy atom. The van der Waals surface area contributed by atoms with Crippen LogP contribution in [-0.4, -0.2) is 37.2 Å². The number of likely N-dealkylation sites (N-methyl/N-ethyl adjacent to an activating group) is 1. The van der Waals surface area contributed by atoms with Crippen molar-refractivity contribution in [2.24, 2.45) is 5.92 Å². The summed E-state index contributed by atoms with van der Waals surface area (Å²) in [5, 5.41) is 3.46. The molecule has 1 aromatic carbocycles. The standard InChI is InChI=1S/C16H26N2O/c1-4-13(3)11-18(5-2)12-14-10-17-15-8-6-7-9-16(15)19-14/h6-9,13-14,17H,4-5,10-12H2,1-3H3. The molecule has 2 rings (SSSR count). The summed E-state index contributed by atoms with van der Waals surface area (Å²) in [5.74, 6) is 1.74. The van der Waals surface area contributed by atoms with Gasteiger partial charge in [-0.05, 0) is 24.6 Å². The zero-order valence-corrected chi connectivity index (χ0v) is 12.4. The molecule has 0 fully saturated rings. The second-order valence-electron chi connectivity index (χ2n) is 5.48. The second kappa shape index (κ2) is 6.80. The summed E-state index contributed by atoms with van der Waals surface area (Å²) < 4.78 is 6.08. The molecule has 106 valence electrons. The zero-order chi connectivity index (χ0) is 13.7. The minimum Gasteiger partial charge on any atom is -0.485 e. The van der Waals surface area contributed by atoms with E-state index in [0.29, 0.717) is 0 Å². The van der Waals surface area contributed by atoms with Crippen LogP contribution in [0, 0.1) is 5.92 Å². The molecule has 1 heterocycles. The van der Waals surface area contributed by atoms with Crippen LogP contribution < -0.4 is 10.1 Å². The van der Waals surface area contributed by atoms with Crippen LogP contribution in [0.2, 0.25) is 0 Å². The van der Waals surface area contributed by atoms with E-state index < -0.39 is 0 Å². The fourth-order valence-corrected chi connectivity index (χ4v) is 2.45. The molecule has 3 heteroatoms. The molecule has 0 saturated carbocycles. The molecule has 0 saturated heterocycles. The Labute approximate surface area is 116 Å². The molecule has 1 N–H and O–H groups in total. The van der Waals surface area contributed by atoms with Gasteiger partial charge in [0.25, 0.3) is 0 Å². The van der Waals surface area contributed by atoms with Gasteiger partial charge in [-0.25, -0.2) is 0 Å². The first kappa shape index (κ1) is 14.2. The largest absolute Gasteiger partial charge is 0.485 e. The summed E-state index contributed by atoms with van der Waals surface area (Å²) in [6.07, 6.45) is 1.49. The van der Waals surface area contributed by atoms with Gasteiger partial charge in [-0.15, -0.1) is 0 Å². The maximum Gasteiger partial charge on any atom is 0.142 e. The van der Waals surface area contributed by atoms with Gasteiger partial charge in [0, 0.05) is 13.1 Å². The van der Waals surface area contributed by atoms with E-state index in [-0.39, 0.29) is 6.10 Å². The Kier molecular flexibility index (Phi) is 5.08. The van der Waals surface area contributed by atoms with E-state index in [4.69, 9.17) is 4.74 Å². The normalized spacial score (nSPS) is 19.5. The molecule has 19 heavy (non-hydrogen) atoms. The van der Waals surface area contributed by atoms with Crippen molar-refractivity contribution >= 4 is 5.69 Å². The van der Waals surface area contributed by atoms with Crippen LogP contribution in [0.5, 0.6) is 5.75 Å². The monoisotopic (exact) mass is 262 g/mol. The summed E-state index contributed by atoms with van der Waals surface area (Å²) in [6, 6.07) is 8.18. The Hall–Kier alpha value is -1.22. The van der Waals surface area contributed by atoms with E-state index in [9.17, 15) is 0 Å². The number of fused-ring (bicyclic) bond motifs is 1. The van der Waals surface area contributed by atoms with Gasteiger partial charge >= 0.3 is 0 Å². The number of ether oxygens (including phenoxy) is 1. The molecule has 0 radical (unpaired) electrons. The fraction of sp³-hybridized carbons (Fsp3) is 0.625. The van der Waals surface area contributed by atoms with Crippen molar-refractivity contribution in [3.63, 3.8) is 0 Å². The van der Waals surface area contributed by atoms with Crippen LogP contribution in [0.4, 0.5) is 5.69 Å². The summed E-state index contributed by atoms with van der Waals surface area (Å²) in [5.41, 5.74) is 1.11. The summed E-state index contributed by atoms with van der Waals surface area (Å²) in [4.78, 5) is 2.49. The third-order valence-corrected chi connectivity index (χ3v) is 3.88. The van der Waals surface area contributed by atoms with Crippen molar-refractivity contribution in [2.75, 3.05) is 31.5 Å². The molecule has 1 aromatic rings. The molecule has 1 aliphatic rings. The van der Waals surface area contributed by atoms with Crippen LogP contribution in [0.3, 0.4) is 0 Å². The lowest BCUT2D eigenvalue weighted by atomic mass is 10.1. The van der Waals surface area contributed by atoms with E-state index in [1.165, 1.54) is 6.42 Å². The second-order valence-corrected chi connectivity index (χ2v) is 5.48. The lowest BCUT2D eigenvalue weighted by Crippen LogP contribution is -2.43. The van der Waals surface area contributed by atoms with Gasteiger partial charge in [0.15, 0.2) is 0 Å². The summed E-state index contributed by atoms with van der Waals surface area (Å²) >= 11 is 0. The number of anilines is 1. The Morgan fingerprint density at radius 1 is 1.37 bits per heavy atom. The van der Waals surface area contributed by atoms with Crippen LogP contribution in [-0.2, 0) is 0 Å². The highest BCUT2D eigenvalue weighted by molar-refractivity contribution is 5.57. The highest BCUT2D eigenvalue weighted by Crippen LogP contribution is 2.28. The van der Waals surface area contributed by atoms with Gasteiger partial charge in [-0.2, -0.15) is 0 Å². The van der Waals surface area contributed by atoms with Gasteiger partial charge in [0.1, 0.15) is 11.9 Å². The predicted molar refractivity (Wildman–Crippen MR) is 80.9 cm³/mol. The van der Waals surface area contributed by atoms with E-state index in [1.54, 1.807) is 0 Å². The smallest absolute Gasteiger partial charge is 0.142 e. The number of para-hydroxylation sites is 2. The number of hydrogen-bond donors (Lipinski definition) is 1. The summed E-state index contributed by atoms with van der Waals surface area (Å²) in [7, 11) is 0. The van der Waals surface area contributed by atoms with E-state index in [2.05, 4.69) is 37.1 Å². The Bertz CT molecular complexity index is 394. The van der Waals surface area contributed by atoms with Crippen molar-refractivity contribution in [3.05, 3.63) is 24.3 Å². The number of nitrogens with zero attached hydrogens (tertiary/aromatic N) is 1. The molecular weight excluding hydrogens is 236 g/mol. The fourth-order valence-electron chi connectivity index (χ4n) is 2.45. The Balaban J connectivity index is 1.90. The van der Waals surface area contributed by atoms with Crippen molar-refractivity contribution in [1.82, 2.24) is 4.90 Å². The van der Waals surface area contributed by atoms with Gasteiger partial charge in [-0.1, -0.05) is 39.3 Å². The van der Waals surface area contributed by atoms with Gasteiger partial charge < -0.3 is 10.1 Å². The van der Waals surface area contributed by atoms with Crippen molar-refractivity contribution in [3.8, 4) is 5.75 Å². The molecule has 0 aromatic heterocycles. The first-order valence-corrected chi connectivity index (χ1v) is 7.44. The predicted octanol–water partition coefficient (Wildman–Crippen LogP) is 3.23. The van der Waals surface area contributed by atoms with Gasteiger partial charge in [0.2, 0.25) is 0 Å². The van der Waals surface area contributed by atoms with E-state index >= 15 is 0 Å². The average molecular weight is 262 g/mol. The molecule has 3 nitrogen and oxygen atoms in total. The number of benzene rings is 1. The Morgan fingerprint density at radius 2 is 2.16 bits per heavy atom. The third-order valence-electron chi connectivity index (χ3n) is 3.88. The van der Waals surface area contributed by atoms with Crippen LogP contribution in [0.15, 0.2) is 24.3 Å². The van der Waals surface area contributed by atoms with Gasteiger partial charge in [0.05, 0.1) is 12.2 Å². The topological polar surface area (TPSA) is 24.5 Å². The van der Waals surface area contributed by atoms with Crippen molar-refractivity contribution in [1.29, 1.82) is 0 Å². The molecule has 0 spiro atoms. The third kappa shape index (κ3) is 3.87. The number of rotatable bonds is 6. The quantitative estimate of drug-likeness (QED) is 0.852. The SMILES string of the molecule is CCC(C)CN(CC)CC1CNc2ccccc2O1. The van der Waals surface area contributed by atoms with Crippen LogP contribution >= 0.6 is 0 Å². The molecule has 1 aliphatic heterocycles. The van der Waals surface area contributed by atoms with Gasteiger partial charge in [-0.3, -0.25) is 4.90 Å². The van der Waals surface area contributed by atoms with Crippen LogP contribution in [0.25, 0.3) is 0 Å². The maximum atomic E-state index is 6.08. The molecular formula is C16H26N2O.